The SMILES string of the molecule is Cc1ccc(C(=O)[C@@H](C)OC(=O)c2cc3ccccc3[nH]2)cc1C. The van der Waals surface area contributed by atoms with Crippen LogP contribution < -0.4 is 0 Å². The summed E-state index contributed by atoms with van der Waals surface area (Å²) in [5.41, 5.74) is 3.91. The number of H-pyrrole nitrogens is 1. The molecule has 2 aromatic carbocycles. The van der Waals surface area contributed by atoms with Crippen molar-refractivity contribution in [2.24, 2.45) is 0 Å². The number of rotatable bonds is 4. The van der Waals surface area contributed by atoms with Crippen LogP contribution in [-0.4, -0.2) is 22.8 Å². The van der Waals surface area contributed by atoms with Crippen LogP contribution >= 0.6 is 0 Å². The Morgan fingerprint density at radius 1 is 1.00 bits per heavy atom. The van der Waals surface area contributed by atoms with Crippen molar-refractivity contribution < 1.29 is 14.3 Å². The lowest BCUT2D eigenvalue weighted by atomic mass is 10.0. The Morgan fingerprint density at radius 2 is 1.75 bits per heavy atom. The van der Waals surface area contributed by atoms with E-state index in [0.29, 0.717) is 11.3 Å². The number of hydrogen-bond acceptors (Lipinski definition) is 3. The Labute approximate surface area is 140 Å². The lowest BCUT2D eigenvalue weighted by molar-refractivity contribution is 0.0314. The number of hydrogen-bond donors (Lipinski definition) is 1. The minimum Gasteiger partial charge on any atom is -0.450 e. The van der Waals surface area contributed by atoms with E-state index in [2.05, 4.69) is 4.98 Å². The highest BCUT2D eigenvalue weighted by molar-refractivity contribution is 6.02. The van der Waals surface area contributed by atoms with Gasteiger partial charge in [-0.25, -0.2) is 4.79 Å². The highest BCUT2D eigenvalue weighted by Gasteiger charge is 2.21. The number of ketones is 1. The van der Waals surface area contributed by atoms with E-state index in [-0.39, 0.29) is 5.78 Å². The van der Waals surface area contributed by atoms with E-state index in [9.17, 15) is 9.59 Å². The molecule has 1 N–H and O–H groups in total. The van der Waals surface area contributed by atoms with Crippen LogP contribution in [-0.2, 0) is 4.74 Å². The Morgan fingerprint density at radius 3 is 2.46 bits per heavy atom. The van der Waals surface area contributed by atoms with E-state index in [1.165, 1.54) is 0 Å². The molecule has 0 fully saturated rings. The summed E-state index contributed by atoms with van der Waals surface area (Å²) >= 11 is 0. The molecule has 0 radical (unpaired) electrons. The third kappa shape index (κ3) is 3.08. The number of fused-ring (bicyclic) bond motifs is 1. The summed E-state index contributed by atoms with van der Waals surface area (Å²) in [6.45, 7) is 5.54. The van der Waals surface area contributed by atoms with Gasteiger partial charge in [0.15, 0.2) is 6.10 Å². The second kappa shape index (κ2) is 6.32. The van der Waals surface area contributed by atoms with Crippen LogP contribution in [0.1, 0.15) is 38.9 Å². The number of Topliss-reactive ketones (excluding diaryl/α,β-unsaturated/α-hetero) is 1. The van der Waals surface area contributed by atoms with Crippen LogP contribution in [0.3, 0.4) is 0 Å². The van der Waals surface area contributed by atoms with Crippen LogP contribution in [0.4, 0.5) is 0 Å². The van der Waals surface area contributed by atoms with Gasteiger partial charge in [0.25, 0.3) is 0 Å². The van der Waals surface area contributed by atoms with Crippen LogP contribution in [0.15, 0.2) is 48.5 Å². The number of aromatic amines is 1. The van der Waals surface area contributed by atoms with Crippen LogP contribution in [0.5, 0.6) is 0 Å². The van der Waals surface area contributed by atoms with Gasteiger partial charge in [-0.15, -0.1) is 0 Å². The average molecular weight is 321 g/mol. The van der Waals surface area contributed by atoms with Gasteiger partial charge in [-0.2, -0.15) is 0 Å². The van der Waals surface area contributed by atoms with Crippen molar-refractivity contribution in [1.29, 1.82) is 0 Å². The Kier molecular flexibility index (Phi) is 4.21. The molecule has 0 bridgehead atoms. The zero-order chi connectivity index (χ0) is 17.3. The highest BCUT2D eigenvalue weighted by Crippen LogP contribution is 2.17. The minimum atomic E-state index is -0.842. The zero-order valence-corrected chi connectivity index (χ0v) is 13.9. The quantitative estimate of drug-likeness (QED) is 0.578. The number of ether oxygens (including phenoxy) is 1. The first-order valence-corrected chi connectivity index (χ1v) is 7.86. The molecule has 0 amide bonds. The number of aryl methyl sites for hydroxylation is 2. The van der Waals surface area contributed by atoms with Crippen molar-refractivity contribution >= 4 is 22.7 Å². The maximum absolute atomic E-state index is 12.5. The van der Waals surface area contributed by atoms with E-state index in [0.717, 1.165) is 22.0 Å². The molecule has 0 spiro atoms. The first-order chi connectivity index (χ1) is 11.5. The molecule has 0 saturated carbocycles. The van der Waals surface area contributed by atoms with Crippen LogP contribution in [0.25, 0.3) is 10.9 Å². The molecule has 0 saturated heterocycles. The molecule has 1 atom stereocenters. The number of esters is 1. The molecule has 0 aliphatic rings. The molecule has 4 heteroatoms. The van der Waals surface area contributed by atoms with Gasteiger partial charge in [0.2, 0.25) is 5.78 Å². The maximum Gasteiger partial charge on any atom is 0.355 e. The van der Waals surface area contributed by atoms with Crippen molar-refractivity contribution in [2.75, 3.05) is 0 Å². The van der Waals surface area contributed by atoms with Crippen molar-refractivity contribution in [2.45, 2.75) is 26.9 Å². The maximum atomic E-state index is 12.5. The summed E-state index contributed by atoms with van der Waals surface area (Å²) < 4.78 is 5.33. The largest absolute Gasteiger partial charge is 0.450 e. The van der Waals surface area contributed by atoms with Crippen molar-refractivity contribution in [3.8, 4) is 0 Å². The van der Waals surface area contributed by atoms with Gasteiger partial charge in [-0.3, -0.25) is 4.79 Å². The third-order valence-electron chi connectivity index (χ3n) is 4.19. The van der Waals surface area contributed by atoms with Crippen molar-refractivity contribution in [3.63, 3.8) is 0 Å². The highest BCUT2D eigenvalue weighted by atomic mass is 16.5. The fourth-order valence-electron chi connectivity index (χ4n) is 2.59. The predicted molar refractivity (Wildman–Crippen MR) is 93.4 cm³/mol. The van der Waals surface area contributed by atoms with E-state index >= 15 is 0 Å². The van der Waals surface area contributed by atoms with Crippen molar-refractivity contribution in [1.82, 2.24) is 4.98 Å². The summed E-state index contributed by atoms with van der Waals surface area (Å²) in [7, 11) is 0. The Bertz CT molecular complexity index is 891. The standard InChI is InChI=1S/C20H19NO3/c1-12-8-9-16(10-13(12)2)19(22)14(3)24-20(23)18-11-15-6-4-5-7-17(15)21-18/h4-11,14,21H,1-3H3/t14-/m1/s1. The van der Waals surface area contributed by atoms with E-state index in [4.69, 9.17) is 4.74 Å². The van der Waals surface area contributed by atoms with Crippen LogP contribution in [0, 0.1) is 13.8 Å². The minimum absolute atomic E-state index is 0.206. The lowest BCUT2D eigenvalue weighted by Gasteiger charge is -2.12. The fraction of sp³-hybridized carbons (Fsp3) is 0.200. The number of benzene rings is 2. The fourth-order valence-corrected chi connectivity index (χ4v) is 2.59. The van der Waals surface area contributed by atoms with Gasteiger partial charge in [0.1, 0.15) is 5.69 Å². The zero-order valence-electron chi connectivity index (χ0n) is 13.9. The third-order valence-corrected chi connectivity index (χ3v) is 4.19. The molecular formula is C20H19NO3. The van der Waals surface area contributed by atoms with Crippen LogP contribution in [0.2, 0.25) is 0 Å². The number of carbonyl (C=O) groups is 2. The Hall–Kier alpha value is -2.88. The summed E-state index contributed by atoms with van der Waals surface area (Å²) in [6.07, 6.45) is -0.842. The molecule has 4 nitrogen and oxygen atoms in total. The van der Waals surface area contributed by atoms with E-state index < -0.39 is 12.1 Å². The van der Waals surface area contributed by atoms with Gasteiger partial charge < -0.3 is 9.72 Å². The first kappa shape index (κ1) is 16.0. The van der Waals surface area contributed by atoms with Gasteiger partial charge in [-0.1, -0.05) is 30.3 Å². The van der Waals surface area contributed by atoms with Gasteiger partial charge in [0, 0.05) is 16.5 Å². The predicted octanol–water partition coefficient (Wildman–Crippen LogP) is 4.21. The summed E-state index contributed by atoms with van der Waals surface area (Å²) in [5, 5.41) is 0.928. The molecule has 3 rings (SSSR count). The summed E-state index contributed by atoms with van der Waals surface area (Å²) in [5.74, 6) is -0.738. The molecular weight excluding hydrogens is 302 g/mol. The smallest absolute Gasteiger partial charge is 0.355 e. The number of carbonyl (C=O) groups excluding carboxylic acids is 2. The molecule has 1 aromatic heterocycles. The molecule has 0 aliphatic carbocycles. The monoisotopic (exact) mass is 321 g/mol. The topological polar surface area (TPSA) is 59.2 Å². The second-order valence-corrected chi connectivity index (χ2v) is 5.98. The van der Waals surface area contributed by atoms with E-state index in [1.54, 1.807) is 19.1 Å². The number of para-hydroxylation sites is 1. The molecule has 0 aliphatic heterocycles. The average Bonchev–Trinajstić information content (AvgIpc) is 3.01. The van der Waals surface area contributed by atoms with Crippen molar-refractivity contribution in [3.05, 3.63) is 70.9 Å². The summed E-state index contributed by atoms with van der Waals surface area (Å²) in [4.78, 5) is 27.7. The second-order valence-electron chi connectivity index (χ2n) is 5.98. The molecule has 1 heterocycles. The van der Waals surface area contributed by atoms with Gasteiger partial charge in [0.05, 0.1) is 0 Å². The molecule has 24 heavy (non-hydrogen) atoms. The first-order valence-electron chi connectivity index (χ1n) is 7.86. The van der Waals surface area contributed by atoms with E-state index in [1.807, 2.05) is 50.2 Å². The molecule has 3 aromatic rings. The Balaban J connectivity index is 1.75. The van der Waals surface area contributed by atoms with Gasteiger partial charge in [-0.05, 0) is 50.1 Å². The molecule has 122 valence electrons. The summed E-state index contributed by atoms with van der Waals surface area (Å²) in [6, 6.07) is 14.8. The molecule has 0 unspecified atom stereocenters. The van der Waals surface area contributed by atoms with Gasteiger partial charge >= 0.3 is 5.97 Å². The normalized spacial score (nSPS) is 12.1. The lowest BCUT2D eigenvalue weighted by Crippen LogP contribution is -2.24. The number of aromatic nitrogens is 1. The number of nitrogens with one attached hydrogen (secondary N) is 1.